The first kappa shape index (κ1) is 14.9. The molecule has 0 saturated carbocycles. The highest BCUT2D eigenvalue weighted by atomic mass is 16.3. The summed E-state index contributed by atoms with van der Waals surface area (Å²) in [5.74, 6) is 0.187. The maximum absolute atomic E-state index is 12.4. The highest BCUT2D eigenvalue weighted by Gasteiger charge is 2.26. The maximum atomic E-state index is 12.4. The number of amidine groups is 1. The van der Waals surface area contributed by atoms with Gasteiger partial charge in [0.2, 0.25) is 5.88 Å². The first-order valence-electron chi connectivity index (χ1n) is 7.53. The third-order valence-electron chi connectivity index (χ3n) is 3.99. The van der Waals surface area contributed by atoms with E-state index in [2.05, 4.69) is 15.1 Å². The Bertz CT molecular complexity index is 1160. The number of rotatable bonds is 2. The van der Waals surface area contributed by atoms with E-state index in [-0.39, 0.29) is 27.9 Å². The molecule has 0 fully saturated rings. The lowest BCUT2D eigenvalue weighted by Crippen LogP contribution is -2.42. The normalized spacial score (nSPS) is 13.9. The van der Waals surface area contributed by atoms with Gasteiger partial charge in [0, 0.05) is 19.4 Å². The lowest BCUT2D eigenvalue weighted by atomic mass is 10.2. The van der Waals surface area contributed by atoms with Gasteiger partial charge in [-0.3, -0.25) is 15.2 Å². The second-order valence-electron chi connectivity index (χ2n) is 5.58. The summed E-state index contributed by atoms with van der Waals surface area (Å²) >= 11 is 0. The van der Waals surface area contributed by atoms with Gasteiger partial charge in [-0.15, -0.1) is 0 Å². The Morgan fingerprint density at radius 3 is 2.72 bits per heavy atom. The van der Waals surface area contributed by atoms with E-state index in [1.165, 1.54) is 5.01 Å². The molecule has 8 nitrogen and oxygen atoms in total. The van der Waals surface area contributed by atoms with Crippen LogP contribution in [0.3, 0.4) is 0 Å². The standard InChI is InChI=1S/C17H14N6O2/c1-22-8-7-19-12(22)9-11-14-13(17(25)20-16(11)24)15(18)23(21-14)10-5-3-2-4-6-10/h2-9,18,25H,1H3,(H,20,24). The van der Waals surface area contributed by atoms with Gasteiger partial charge in [-0.25, -0.2) is 9.99 Å². The Hall–Kier alpha value is -3.68. The third kappa shape index (κ3) is 2.31. The number of benzene rings is 1. The van der Waals surface area contributed by atoms with Crippen LogP contribution in [-0.2, 0) is 7.05 Å². The van der Waals surface area contributed by atoms with Gasteiger partial charge in [0.15, 0.2) is 5.84 Å². The zero-order chi connectivity index (χ0) is 17.6. The molecule has 0 bridgehead atoms. The Kier molecular flexibility index (Phi) is 3.24. The van der Waals surface area contributed by atoms with Crippen molar-refractivity contribution in [3.8, 4) is 5.88 Å². The molecule has 2 aromatic heterocycles. The number of aromatic nitrogens is 3. The molecule has 0 radical (unpaired) electrons. The van der Waals surface area contributed by atoms with Crippen LogP contribution in [-0.4, -0.2) is 25.5 Å². The Morgan fingerprint density at radius 2 is 2.04 bits per heavy atom. The van der Waals surface area contributed by atoms with Gasteiger partial charge < -0.3 is 9.67 Å². The van der Waals surface area contributed by atoms with E-state index in [9.17, 15) is 9.90 Å². The molecule has 0 atom stereocenters. The Morgan fingerprint density at radius 1 is 1.28 bits per heavy atom. The van der Waals surface area contributed by atoms with Gasteiger partial charge in [0.05, 0.1) is 10.9 Å². The molecule has 1 aliphatic heterocycles. The number of anilines is 1. The van der Waals surface area contributed by atoms with E-state index < -0.39 is 5.56 Å². The molecule has 8 heteroatoms. The van der Waals surface area contributed by atoms with Gasteiger partial charge >= 0.3 is 0 Å². The van der Waals surface area contributed by atoms with E-state index in [0.29, 0.717) is 11.5 Å². The van der Waals surface area contributed by atoms with Crippen molar-refractivity contribution in [3.05, 3.63) is 75.0 Å². The number of aromatic hydroxyl groups is 1. The molecular formula is C17H14N6O2. The Labute approximate surface area is 141 Å². The van der Waals surface area contributed by atoms with Crippen molar-refractivity contribution in [1.82, 2.24) is 14.5 Å². The molecule has 0 spiro atoms. The van der Waals surface area contributed by atoms with Gasteiger partial charge in [0.1, 0.15) is 16.7 Å². The maximum Gasteiger partial charge on any atom is 0.260 e. The monoisotopic (exact) mass is 334 g/mol. The first-order valence-corrected chi connectivity index (χ1v) is 7.53. The highest BCUT2D eigenvalue weighted by Crippen LogP contribution is 2.21. The van der Waals surface area contributed by atoms with Gasteiger partial charge in [-0.2, -0.15) is 5.10 Å². The van der Waals surface area contributed by atoms with Crippen molar-refractivity contribution < 1.29 is 5.11 Å². The van der Waals surface area contributed by atoms with Crippen molar-refractivity contribution in [3.63, 3.8) is 0 Å². The van der Waals surface area contributed by atoms with Crippen LogP contribution in [0.4, 0.5) is 5.69 Å². The second-order valence-corrected chi connectivity index (χ2v) is 5.58. The molecule has 3 heterocycles. The van der Waals surface area contributed by atoms with E-state index >= 15 is 0 Å². The van der Waals surface area contributed by atoms with Gasteiger partial charge in [-0.1, -0.05) is 18.2 Å². The van der Waals surface area contributed by atoms with Crippen LogP contribution in [0.5, 0.6) is 5.88 Å². The summed E-state index contributed by atoms with van der Waals surface area (Å²) < 4.78 is 1.76. The zero-order valence-electron chi connectivity index (χ0n) is 13.3. The van der Waals surface area contributed by atoms with Crippen molar-refractivity contribution in [2.45, 2.75) is 0 Å². The van der Waals surface area contributed by atoms with Crippen LogP contribution < -0.4 is 21.1 Å². The van der Waals surface area contributed by atoms with Gasteiger partial charge in [-0.05, 0) is 18.2 Å². The number of H-pyrrole nitrogens is 1. The smallest absolute Gasteiger partial charge is 0.260 e. The van der Waals surface area contributed by atoms with E-state index in [1.807, 2.05) is 25.2 Å². The van der Waals surface area contributed by atoms with Crippen molar-refractivity contribution in [1.29, 1.82) is 5.41 Å². The van der Waals surface area contributed by atoms with E-state index in [1.54, 1.807) is 35.2 Å². The zero-order valence-corrected chi connectivity index (χ0v) is 13.3. The number of nitrogens with one attached hydrogen (secondary N) is 2. The molecule has 4 rings (SSSR count). The van der Waals surface area contributed by atoms with Crippen LogP contribution in [0, 0.1) is 5.41 Å². The SMILES string of the molecule is Cn1ccnc1C=c1c(=O)[nH]c(O)c2c1=NN(c1ccccc1)C2=N. The van der Waals surface area contributed by atoms with Crippen molar-refractivity contribution in [2.24, 2.45) is 12.1 Å². The van der Waals surface area contributed by atoms with Crippen LogP contribution >= 0.6 is 0 Å². The summed E-state index contributed by atoms with van der Waals surface area (Å²) in [6, 6.07) is 9.10. The summed E-state index contributed by atoms with van der Waals surface area (Å²) in [4.78, 5) is 18.9. The fourth-order valence-corrected chi connectivity index (χ4v) is 2.71. The molecule has 0 unspecified atom stereocenters. The van der Waals surface area contributed by atoms with Crippen LogP contribution in [0.25, 0.3) is 6.08 Å². The number of hydrogen-bond donors (Lipinski definition) is 3. The molecule has 3 aromatic rings. The average Bonchev–Trinajstić information content (AvgIpc) is 3.16. The quantitative estimate of drug-likeness (QED) is 0.614. The van der Waals surface area contributed by atoms with Crippen molar-refractivity contribution in [2.75, 3.05) is 5.01 Å². The minimum atomic E-state index is -0.495. The molecule has 124 valence electrons. The summed E-state index contributed by atoms with van der Waals surface area (Å²) in [5, 5.41) is 24.7. The fraction of sp³-hybridized carbons (Fsp3) is 0.0588. The number of hydrogen-bond acceptors (Lipinski definition) is 5. The fourth-order valence-electron chi connectivity index (χ4n) is 2.71. The summed E-state index contributed by atoms with van der Waals surface area (Å²) in [6.07, 6.45) is 4.97. The van der Waals surface area contributed by atoms with Crippen LogP contribution in [0.1, 0.15) is 11.4 Å². The summed E-state index contributed by atoms with van der Waals surface area (Å²) in [5.41, 5.74) is 0.355. The predicted octanol–water partition coefficient (Wildman–Crippen LogP) is 0.0230. The molecule has 3 N–H and O–H groups in total. The lowest BCUT2D eigenvalue weighted by molar-refractivity contribution is 0.449. The summed E-state index contributed by atoms with van der Waals surface area (Å²) in [7, 11) is 1.81. The topological polar surface area (TPSA) is 110 Å². The molecule has 0 saturated heterocycles. The van der Waals surface area contributed by atoms with E-state index in [0.717, 1.165) is 0 Å². The lowest BCUT2D eigenvalue weighted by Gasteiger charge is -2.13. The molecule has 1 aromatic carbocycles. The highest BCUT2D eigenvalue weighted by molar-refractivity contribution is 6.10. The second kappa shape index (κ2) is 5.45. The Balaban J connectivity index is 2.02. The molecule has 25 heavy (non-hydrogen) atoms. The van der Waals surface area contributed by atoms with Crippen LogP contribution in [0.15, 0.2) is 52.6 Å². The average molecular weight is 334 g/mol. The number of fused-ring (bicyclic) bond motifs is 1. The molecule has 0 aliphatic carbocycles. The number of imidazole rings is 1. The molecule has 1 aliphatic rings. The largest absolute Gasteiger partial charge is 0.494 e. The minimum Gasteiger partial charge on any atom is -0.494 e. The number of nitrogens with zero attached hydrogens (tertiary/aromatic N) is 4. The number of aromatic amines is 1. The summed E-state index contributed by atoms with van der Waals surface area (Å²) in [6.45, 7) is 0. The van der Waals surface area contributed by atoms with Crippen molar-refractivity contribution >= 4 is 17.6 Å². The number of para-hydroxylation sites is 1. The third-order valence-corrected chi connectivity index (χ3v) is 3.99. The molecular weight excluding hydrogens is 320 g/mol. The minimum absolute atomic E-state index is 0.00978. The van der Waals surface area contributed by atoms with Crippen LogP contribution in [0.2, 0.25) is 0 Å². The van der Waals surface area contributed by atoms with E-state index in [4.69, 9.17) is 5.41 Å². The predicted molar refractivity (Wildman–Crippen MR) is 92.0 cm³/mol. The first-order chi connectivity index (χ1) is 12.1. The molecule has 0 amide bonds. The van der Waals surface area contributed by atoms with Gasteiger partial charge in [0.25, 0.3) is 5.56 Å². The number of pyridine rings is 1. The number of aryl methyl sites for hydroxylation is 1.